The van der Waals surface area contributed by atoms with Crippen LogP contribution in [0.15, 0.2) is 60.7 Å². The molecule has 1 heterocycles. The van der Waals surface area contributed by atoms with Gasteiger partial charge in [-0.25, -0.2) is 13.5 Å². The number of ether oxygens (including phenoxy) is 1. The van der Waals surface area contributed by atoms with Gasteiger partial charge in [0.25, 0.3) is 0 Å². The Morgan fingerprint density at radius 3 is 2.14 bits per heavy atom. The Balaban J connectivity index is 2.09. The van der Waals surface area contributed by atoms with Gasteiger partial charge in [-0.3, -0.25) is 9.59 Å². The van der Waals surface area contributed by atoms with Gasteiger partial charge in [0.2, 0.25) is 0 Å². The second-order valence-corrected chi connectivity index (χ2v) is 7.77. The Morgan fingerprint density at radius 2 is 1.61 bits per heavy atom. The molecule has 0 aliphatic rings. The van der Waals surface area contributed by atoms with E-state index in [0.29, 0.717) is 34.6 Å². The molecule has 0 saturated heterocycles. The minimum Gasteiger partial charge on any atom is -0.466 e. The fourth-order valence-electron chi connectivity index (χ4n) is 3.54. The fraction of sp³-hybridized carbons (Fsp3) is 0.269. The number of hydrogen-bond donors (Lipinski definition) is 1. The topological polar surface area (TPSA) is 107 Å². The summed E-state index contributed by atoms with van der Waals surface area (Å²) < 4.78 is 33.7. The molecule has 2 aromatic carbocycles. The molecule has 3 rings (SSSR count). The van der Waals surface area contributed by atoms with Gasteiger partial charge in [-0.2, -0.15) is 0 Å². The van der Waals surface area contributed by atoms with E-state index < -0.39 is 35.9 Å². The molecule has 10 heteroatoms. The van der Waals surface area contributed by atoms with Crippen molar-refractivity contribution in [3.8, 4) is 0 Å². The summed E-state index contributed by atoms with van der Waals surface area (Å²) in [4.78, 5) is 23.7. The molecule has 1 aromatic heterocycles. The number of aromatic nitrogens is 4. The van der Waals surface area contributed by atoms with Gasteiger partial charge >= 0.3 is 5.97 Å². The molecule has 0 radical (unpaired) electrons. The third-order valence-corrected chi connectivity index (χ3v) is 5.18. The highest BCUT2D eigenvalue weighted by Gasteiger charge is 2.19. The van der Waals surface area contributed by atoms with Crippen molar-refractivity contribution in [2.75, 3.05) is 6.61 Å². The van der Waals surface area contributed by atoms with Crippen molar-refractivity contribution in [2.24, 2.45) is 0 Å². The van der Waals surface area contributed by atoms with Crippen molar-refractivity contribution in [1.29, 1.82) is 0 Å². The minimum atomic E-state index is -1.21. The number of tetrazole rings is 1. The van der Waals surface area contributed by atoms with E-state index >= 15 is 0 Å². The molecule has 0 fully saturated rings. The van der Waals surface area contributed by atoms with Crippen molar-refractivity contribution in [1.82, 2.24) is 20.2 Å². The number of nitrogens with zero attached hydrogens (tertiary/aromatic N) is 4. The van der Waals surface area contributed by atoms with E-state index in [2.05, 4.69) is 15.5 Å². The number of allylic oxidation sites excluding steroid dienone is 2. The zero-order valence-corrected chi connectivity index (χ0v) is 19.9. The zero-order valence-electron chi connectivity index (χ0n) is 19.9. The van der Waals surface area contributed by atoms with E-state index in [0.717, 1.165) is 0 Å². The number of Topliss-reactive ketones (excluding diaryl/α,β-unsaturated/α-hetero) is 1. The molecule has 8 nitrogen and oxygen atoms in total. The molecule has 0 aliphatic carbocycles. The molecule has 1 atom stereocenters. The maximum absolute atomic E-state index is 13.7. The number of aliphatic hydroxyl groups excluding tert-OH is 1. The van der Waals surface area contributed by atoms with Gasteiger partial charge in [-0.1, -0.05) is 36.4 Å². The highest BCUT2D eigenvalue weighted by Crippen LogP contribution is 2.33. The molecule has 188 valence electrons. The summed E-state index contributed by atoms with van der Waals surface area (Å²) in [6.45, 7) is 4.07. The normalized spacial score (nSPS) is 11.9. The predicted molar refractivity (Wildman–Crippen MR) is 128 cm³/mol. The van der Waals surface area contributed by atoms with E-state index in [4.69, 9.17) is 4.74 Å². The van der Waals surface area contributed by atoms with Crippen molar-refractivity contribution in [2.45, 2.75) is 39.3 Å². The van der Waals surface area contributed by atoms with Crippen molar-refractivity contribution in [3.63, 3.8) is 0 Å². The first kappa shape index (κ1) is 26.6. The largest absolute Gasteiger partial charge is 0.466 e. The highest BCUT2D eigenvalue weighted by molar-refractivity contribution is 6.01. The van der Waals surface area contributed by atoms with Crippen LogP contribution in [0.1, 0.15) is 43.6 Å². The molecule has 1 unspecified atom stereocenters. The molecule has 36 heavy (non-hydrogen) atoms. The number of rotatable bonds is 11. The number of aliphatic hydroxyl groups is 1. The molecule has 0 saturated carbocycles. The summed E-state index contributed by atoms with van der Waals surface area (Å²) >= 11 is 0. The summed E-state index contributed by atoms with van der Waals surface area (Å²) in [5.41, 5.74) is 2.21. The summed E-state index contributed by atoms with van der Waals surface area (Å²) in [7, 11) is 0. The molecule has 0 spiro atoms. The van der Waals surface area contributed by atoms with Crippen LogP contribution in [0, 0.1) is 11.6 Å². The summed E-state index contributed by atoms with van der Waals surface area (Å²) in [5, 5.41) is 22.3. The van der Waals surface area contributed by atoms with Crippen LogP contribution in [0.4, 0.5) is 8.78 Å². The van der Waals surface area contributed by atoms with Crippen molar-refractivity contribution >= 4 is 22.9 Å². The number of benzene rings is 2. The Morgan fingerprint density at radius 1 is 1.03 bits per heavy atom. The Bertz CT molecular complexity index is 1200. The molecule has 0 bridgehead atoms. The first-order valence-corrected chi connectivity index (χ1v) is 11.4. The van der Waals surface area contributed by atoms with Crippen LogP contribution in [0.2, 0.25) is 0 Å². The second-order valence-electron chi connectivity index (χ2n) is 7.77. The number of carbonyl (C=O) groups excluding carboxylic acids is 2. The van der Waals surface area contributed by atoms with Crippen molar-refractivity contribution < 1.29 is 28.2 Å². The fourth-order valence-corrected chi connectivity index (χ4v) is 3.54. The zero-order chi connectivity index (χ0) is 26.1. The lowest BCUT2D eigenvalue weighted by Gasteiger charge is -2.15. The quantitative estimate of drug-likeness (QED) is 0.245. The molecule has 0 aliphatic heterocycles. The number of esters is 1. The van der Waals surface area contributed by atoms with Crippen LogP contribution in [0.25, 0.3) is 11.1 Å². The smallest absolute Gasteiger partial charge is 0.313 e. The molecular formula is C26H26F2N4O4. The summed E-state index contributed by atoms with van der Waals surface area (Å²) in [5.74, 6) is -1.64. The van der Waals surface area contributed by atoms with Crippen LogP contribution < -0.4 is 0 Å². The maximum atomic E-state index is 13.7. The Kier molecular flexibility index (Phi) is 9.29. The van der Waals surface area contributed by atoms with Gasteiger partial charge in [0, 0.05) is 18.5 Å². The third kappa shape index (κ3) is 6.98. The van der Waals surface area contributed by atoms with Crippen LogP contribution in [0.5, 0.6) is 0 Å². The number of ketones is 1. The minimum absolute atomic E-state index is 0.157. The second kappa shape index (κ2) is 12.6. The van der Waals surface area contributed by atoms with Gasteiger partial charge in [-0.15, -0.1) is 5.10 Å². The number of halogens is 2. The number of aryl methyl sites for hydroxylation is 1. The van der Waals surface area contributed by atoms with E-state index in [-0.39, 0.29) is 13.0 Å². The standard InChI is InChI=1S/C26H26F2N4O4/c1-3-32-26(29-30-31-32)23(14-13-21(33)15-22(34)16-24(35)36-4-2)25(17-5-9-19(27)10-6-17)18-7-11-20(28)12-8-18/h5-14,21,33H,3-4,15-16H2,1-2H3. The third-order valence-electron chi connectivity index (χ3n) is 5.18. The van der Waals surface area contributed by atoms with Crippen LogP contribution in [-0.2, 0) is 20.9 Å². The lowest BCUT2D eigenvalue weighted by atomic mass is 9.91. The van der Waals surface area contributed by atoms with Gasteiger partial charge < -0.3 is 9.84 Å². The van der Waals surface area contributed by atoms with Crippen LogP contribution in [-0.4, -0.2) is 49.8 Å². The lowest BCUT2D eigenvalue weighted by Crippen LogP contribution is -2.16. The summed E-state index contributed by atoms with van der Waals surface area (Å²) in [6, 6.07) is 11.5. The van der Waals surface area contributed by atoms with Crippen LogP contribution >= 0.6 is 0 Å². The van der Waals surface area contributed by atoms with Gasteiger partial charge in [0.1, 0.15) is 23.8 Å². The Hall–Kier alpha value is -4.05. The first-order chi connectivity index (χ1) is 17.3. The predicted octanol–water partition coefficient (Wildman–Crippen LogP) is 3.76. The van der Waals surface area contributed by atoms with Gasteiger partial charge in [0.15, 0.2) is 5.82 Å². The highest BCUT2D eigenvalue weighted by atomic mass is 19.1. The average Bonchev–Trinajstić information content (AvgIpc) is 3.32. The van der Waals surface area contributed by atoms with Crippen LogP contribution in [0.3, 0.4) is 0 Å². The Labute approximate surface area is 206 Å². The first-order valence-electron chi connectivity index (χ1n) is 11.4. The molecule has 0 amide bonds. The van der Waals surface area contributed by atoms with E-state index in [9.17, 15) is 23.5 Å². The van der Waals surface area contributed by atoms with E-state index in [1.54, 1.807) is 37.3 Å². The SMILES string of the molecule is CCOC(=O)CC(=O)CC(O)C=CC(=C(c1ccc(F)cc1)c1ccc(F)cc1)c1nnnn1CC. The lowest BCUT2D eigenvalue weighted by molar-refractivity contribution is -0.145. The monoisotopic (exact) mass is 496 g/mol. The van der Waals surface area contributed by atoms with Crippen molar-refractivity contribution in [3.05, 3.63) is 89.3 Å². The van der Waals surface area contributed by atoms with E-state index in [1.807, 2.05) is 6.92 Å². The number of hydrogen-bond acceptors (Lipinski definition) is 7. The summed E-state index contributed by atoms with van der Waals surface area (Å²) in [6.07, 6.45) is 0.994. The number of carbonyl (C=O) groups is 2. The van der Waals surface area contributed by atoms with E-state index in [1.165, 1.54) is 35.0 Å². The maximum Gasteiger partial charge on any atom is 0.313 e. The molecule has 3 aromatic rings. The molecule has 1 N–H and O–H groups in total. The molecular weight excluding hydrogens is 470 g/mol. The van der Waals surface area contributed by atoms with Gasteiger partial charge in [0.05, 0.1) is 12.7 Å². The average molecular weight is 497 g/mol. The van der Waals surface area contributed by atoms with Gasteiger partial charge in [-0.05, 0) is 65.2 Å².